The normalized spacial score (nSPS) is 14.3. The highest BCUT2D eigenvalue weighted by molar-refractivity contribution is 5.64. The zero-order chi connectivity index (χ0) is 14.8. The lowest BCUT2D eigenvalue weighted by Crippen LogP contribution is -2.08. The summed E-state index contributed by atoms with van der Waals surface area (Å²) in [5.74, 6) is 1.76. The van der Waals surface area contributed by atoms with Gasteiger partial charge in [0.15, 0.2) is 5.82 Å². The SMILES string of the molecule is Cc1cccc(C(C)C)c1Nc1nncc(NC2CC2)n1. The average molecular weight is 283 g/mol. The Balaban J connectivity index is 1.86. The van der Waals surface area contributed by atoms with Crippen LogP contribution < -0.4 is 10.6 Å². The van der Waals surface area contributed by atoms with E-state index in [-0.39, 0.29) is 0 Å². The molecule has 0 unspecified atom stereocenters. The van der Waals surface area contributed by atoms with E-state index in [1.165, 1.54) is 24.0 Å². The first-order valence-corrected chi connectivity index (χ1v) is 7.46. The number of nitrogens with zero attached hydrogens (tertiary/aromatic N) is 3. The molecular formula is C16H21N5. The third-order valence-electron chi connectivity index (χ3n) is 3.65. The van der Waals surface area contributed by atoms with E-state index in [1.54, 1.807) is 6.20 Å². The third kappa shape index (κ3) is 3.29. The number of hydrogen-bond acceptors (Lipinski definition) is 5. The number of anilines is 3. The Bertz CT molecular complexity index is 634. The van der Waals surface area contributed by atoms with Crippen LogP contribution in [0.25, 0.3) is 0 Å². The number of nitrogens with one attached hydrogen (secondary N) is 2. The predicted octanol–water partition coefficient (Wildman–Crippen LogP) is 3.62. The number of benzene rings is 1. The molecule has 0 aliphatic heterocycles. The van der Waals surface area contributed by atoms with Gasteiger partial charge in [0, 0.05) is 11.7 Å². The molecule has 1 aromatic heterocycles. The Kier molecular flexibility index (Phi) is 3.73. The van der Waals surface area contributed by atoms with Crippen LogP contribution in [0, 0.1) is 6.92 Å². The minimum Gasteiger partial charge on any atom is -0.366 e. The summed E-state index contributed by atoms with van der Waals surface area (Å²) in [7, 11) is 0. The first-order chi connectivity index (χ1) is 10.1. The minimum absolute atomic E-state index is 0.438. The lowest BCUT2D eigenvalue weighted by molar-refractivity contribution is 0.865. The van der Waals surface area contributed by atoms with Crippen molar-refractivity contribution in [3.8, 4) is 0 Å². The Hall–Kier alpha value is -2.17. The highest BCUT2D eigenvalue weighted by atomic mass is 15.3. The molecule has 5 heteroatoms. The summed E-state index contributed by atoms with van der Waals surface area (Å²) in [6.45, 7) is 6.46. The van der Waals surface area contributed by atoms with Gasteiger partial charge >= 0.3 is 0 Å². The van der Waals surface area contributed by atoms with Crippen LogP contribution >= 0.6 is 0 Å². The molecule has 110 valence electrons. The van der Waals surface area contributed by atoms with Crippen molar-refractivity contribution in [2.45, 2.75) is 45.6 Å². The van der Waals surface area contributed by atoms with Gasteiger partial charge in [0.05, 0.1) is 6.20 Å². The minimum atomic E-state index is 0.438. The van der Waals surface area contributed by atoms with E-state index < -0.39 is 0 Å². The van der Waals surface area contributed by atoms with Gasteiger partial charge in [0.25, 0.3) is 0 Å². The van der Waals surface area contributed by atoms with Gasteiger partial charge in [0.1, 0.15) is 0 Å². The van der Waals surface area contributed by atoms with Gasteiger partial charge < -0.3 is 10.6 Å². The lowest BCUT2D eigenvalue weighted by Gasteiger charge is -2.16. The largest absolute Gasteiger partial charge is 0.366 e. The molecule has 2 aromatic rings. The highest BCUT2D eigenvalue weighted by Gasteiger charge is 2.21. The Morgan fingerprint density at radius 1 is 1.24 bits per heavy atom. The van der Waals surface area contributed by atoms with Gasteiger partial charge in [-0.15, -0.1) is 5.10 Å². The van der Waals surface area contributed by atoms with Gasteiger partial charge in [-0.05, 0) is 36.8 Å². The quantitative estimate of drug-likeness (QED) is 0.877. The molecular weight excluding hydrogens is 262 g/mol. The molecule has 3 rings (SSSR count). The van der Waals surface area contributed by atoms with Crippen molar-refractivity contribution in [1.82, 2.24) is 15.2 Å². The van der Waals surface area contributed by atoms with Crippen molar-refractivity contribution >= 4 is 17.5 Å². The van der Waals surface area contributed by atoms with E-state index in [4.69, 9.17) is 0 Å². The maximum atomic E-state index is 4.49. The van der Waals surface area contributed by atoms with E-state index in [9.17, 15) is 0 Å². The predicted molar refractivity (Wildman–Crippen MR) is 85.0 cm³/mol. The molecule has 1 saturated carbocycles. The van der Waals surface area contributed by atoms with Gasteiger partial charge in [-0.25, -0.2) is 0 Å². The van der Waals surface area contributed by atoms with E-state index in [0.29, 0.717) is 17.9 Å². The molecule has 1 heterocycles. The molecule has 0 spiro atoms. The van der Waals surface area contributed by atoms with Crippen LogP contribution in [-0.2, 0) is 0 Å². The van der Waals surface area contributed by atoms with Crippen LogP contribution in [0.3, 0.4) is 0 Å². The molecule has 21 heavy (non-hydrogen) atoms. The summed E-state index contributed by atoms with van der Waals surface area (Å²) in [6.07, 6.45) is 4.09. The second-order valence-electron chi connectivity index (χ2n) is 5.90. The van der Waals surface area contributed by atoms with Crippen molar-refractivity contribution in [2.75, 3.05) is 10.6 Å². The maximum Gasteiger partial charge on any atom is 0.249 e. The molecule has 0 radical (unpaired) electrons. The average Bonchev–Trinajstić information content (AvgIpc) is 3.25. The van der Waals surface area contributed by atoms with Crippen LogP contribution in [0.4, 0.5) is 17.5 Å². The maximum absolute atomic E-state index is 4.49. The lowest BCUT2D eigenvalue weighted by atomic mass is 9.98. The fourth-order valence-corrected chi connectivity index (χ4v) is 2.32. The van der Waals surface area contributed by atoms with Crippen molar-refractivity contribution in [3.05, 3.63) is 35.5 Å². The standard InChI is InChI=1S/C16H21N5/c1-10(2)13-6-4-5-11(3)15(13)20-16-19-14(9-17-21-16)18-12-7-8-12/h4-6,9-10,12H,7-8H2,1-3H3,(H2,18,19,20,21). The van der Waals surface area contributed by atoms with Gasteiger partial charge in [-0.2, -0.15) is 10.1 Å². The molecule has 0 atom stereocenters. The topological polar surface area (TPSA) is 62.7 Å². The molecule has 5 nitrogen and oxygen atoms in total. The molecule has 0 bridgehead atoms. The number of para-hydroxylation sites is 1. The van der Waals surface area contributed by atoms with Crippen molar-refractivity contribution in [1.29, 1.82) is 0 Å². The second-order valence-corrected chi connectivity index (χ2v) is 5.90. The second kappa shape index (κ2) is 5.68. The summed E-state index contributed by atoms with van der Waals surface area (Å²) in [6, 6.07) is 6.87. The summed E-state index contributed by atoms with van der Waals surface area (Å²) in [4.78, 5) is 4.49. The molecule has 1 aliphatic carbocycles. The summed E-state index contributed by atoms with van der Waals surface area (Å²) in [5, 5.41) is 14.8. The fourth-order valence-electron chi connectivity index (χ4n) is 2.32. The zero-order valence-electron chi connectivity index (χ0n) is 12.7. The van der Waals surface area contributed by atoms with Crippen LogP contribution in [0.15, 0.2) is 24.4 Å². The number of hydrogen-bond donors (Lipinski definition) is 2. The first-order valence-electron chi connectivity index (χ1n) is 7.46. The van der Waals surface area contributed by atoms with E-state index in [2.05, 4.69) is 64.8 Å². The Morgan fingerprint density at radius 3 is 2.76 bits per heavy atom. The highest BCUT2D eigenvalue weighted by Crippen LogP contribution is 2.29. The Labute approximate surface area is 125 Å². The van der Waals surface area contributed by atoms with E-state index in [1.807, 2.05) is 0 Å². The monoisotopic (exact) mass is 283 g/mol. The summed E-state index contributed by atoms with van der Waals surface area (Å²) in [5.41, 5.74) is 3.53. The fraction of sp³-hybridized carbons (Fsp3) is 0.438. The van der Waals surface area contributed by atoms with Crippen LogP contribution in [0.1, 0.15) is 43.7 Å². The van der Waals surface area contributed by atoms with Crippen LogP contribution in [-0.4, -0.2) is 21.2 Å². The van der Waals surface area contributed by atoms with Gasteiger partial charge in [-0.3, -0.25) is 0 Å². The van der Waals surface area contributed by atoms with Crippen molar-refractivity contribution in [3.63, 3.8) is 0 Å². The van der Waals surface area contributed by atoms with Gasteiger partial charge in [0.2, 0.25) is 5.95 Å². The van der Waals surface area contributed by atoms with E-state index >= 15 is 0 Å². The van der Waals surface area contributed by atoms with Crippen molar-refractivity contribution < 1.29 is 0 Å². The Morgan fingerprint density at radius 2 is 2.05 bits per heavy atom. The molecule has 1 aromatic carbocycles. The van der Waals surface area contributed by atoms with Gasteiger partial charge in [-0.1, -0.05) is 32.0 Å². The van der Waals surface area contributed by atoms with E-state index in [0.717, 1.165) is 11.5 Å². The zero-order valence-corrected chi connectivity index (χ0v) is 12.7. The molecule has 1 fully saturated rings. The summed E-state index contributed by atoms with van der Waals surface area (Å²) >= 11 is 0. The number of aryl methyl sites for hydroxylation is 1. The molecule has 0 saturated heterocycles. The summed E-state index contributed by atoms with van der Waals surface area (Å²) < 4.78 is 0. The molecule has 1 aliphatic rings. The first kappa shape index (κ1) is 13.8. The van der Waals surface area contributed by atoms with Crippen LogP contribution in [0.2, 0.25) is 0 Å². The molecule has 2 N–H and O–H groups in total. The van der Waals surface area contributed by atoms with Crippen LogP contribution in [0.5, 0.6) is 0 Å². The number of aromatic nitrogens is 3. The van der Waals surface area contributed by atoms with Crippen molar-refractivity contribution in [2.24, 2.45) is 0 Å². The number of rotatable bonds is 5. The molecule has 0 amide bonds. The third-order valence-corrected chi connectivity index (χ3v) is 3.65. The smallest absolute Gasteiger partial charge is 0.249 e.